The minimum atomic E-state index is -0.211. The molecular formula is C7H14N2O2. The summed E-state index contributed by atoms with van der Waals surface area (Å²) < 4.78 is 4.89. The summed E-state index contributed by atoms with van der Waals surface area (Å²) in [7, 11) is 0. The third kappa shape index (κ3) is 1.83. The standard InChI is InChI=1S/C7H14N2O2/c1-2-9-4-6(3-8)5-11-7(9)10/h6H,2-5,8H2,1H3/t6-/m1/s1. The molecule has 64 valence electrons. The Balaban J connectivity index is 2.44. The van der Waals surface area contributed by atoms with Crippen molar-refractivity contribution in [1.82, 2.24) is 4.90 Å². The number of nitrogens with zero attached hydrogens (tertiary/aromatic N) is 1. The number of carbonyl (C=O) groups is 1. The molecule has 0 aromatic rings. The lowest BCUT2D eigenvalue weighted by Crippen LogP contribution is -2.45. The van der Waals surface area contributed by atoms with Gasteiger partial charge in [0.15, 0.2) is 0 Å². The molecule has 1 amide bonds. The highest BCUT2D eigenvalue weighted by atomic mass is 16.6. The number of rotatable bonds is 2. The second-order valence-corrected chi connectivity index (χ2v) is 2.72. The van der Waals surface area contributed by atoms with Crippen LogP contribution in [0.5, 0.6) is 0 Å². The predicted molar refractivity (Wildman–Crippen MR) is 41.1 cm³/mol. The third-order valence-corrected chi connectivity index (χ3v) is 1.89. The van der Waals surface area contributed by atoms with Gasteiger partial charge < -0.3 is 15.4 Å². The molecule has 4 nitrogen and oxygen atoms in total. The SMILES string of the molecule is CCN1C[C@@H](CN)COC1=O. The summed E-state index contributed by atoms with van der Waals surface area (Å²) in [4.78, 5) is 12.6. The Morgan fingerprint density at radius 3 is 3.09 bits per heavy atom. The highest BCUT2D eigenvalue weighted by Gasteiger charge is 2.24. The summed E-state index contributed by atoms with van der Waals surface area (Å²) in [5, 5.41) is 0. The van der Waals surface area contributed by atoms with Gasteiger partial charge in [-0.1, -0.05) is 0 Å². The van der Waals surface area contributed by atoms with Crippen LogP contribution in [-0.2, 0) is 4.74 Å². The van der Waals surface area contributed by atoms with Crippen LogP contribution in [0, 0.1) is 5.92 Å². The van der Waals surface area contributed by atoms with Crippen LogP contribution in [0.3, 0.4) is 0 Å². The van der Waals surface area contributed by atoms with E-state index < -0.39 is 0 Å². The zero-order valence-corrected chi connectivity index (χ0v) is 6.75. The Labute approximate surface area is 66.3 Å². The molecule has 0 aliphatic carbocycles. The maximum absolute atomic E-state index is 10.9. The highest BCUT2D eigenvalue weighted by Crippen LogP contribution is 2.08. The van der Waals surface area contributed by atoms with Gasteiger partial charge in [-0.2, -0.15) is 0 Å². The quantitative estimate of drug-likeness (QED) is 0.617. The average Bonchev–Trinajstić information content (AvgIpc) is 2.05. The van der Waals surface area contributed by atoms with Gasteiger partial charge in [-0.3, -0.25) is 0 Å². The van der Waals surface area contributed by atoms with Crippen molar-refractivity contribution in [1.29, 1.82) is 0 Å². The summed E-state index contributed by atoms with van der Waals surface area (Å²) >= 11 is 0. The average molecular weight is 158 g/mol. The molecule has 0 saturated carbocycles. The lowest BCUT2D eigenvalue weighted by molar-refractivity contribution is 0.0476. The normalized spacial score (nSPS) is 25.1. The molecule has 1 aliphatic heterocycles. The first-order valence-corrected chi connectivity index (χ1v) is 3.89. The molecule has 0 aromatic carbocycles. The van der Waals surface area contributed by atoms with E-state index in [-0.39, 0.29) is 6.09 Å². The van der Waals surface area contributed by atoms with Crippen LogP contribution in [0.1, 0.15) is 6.92 Å². The topological polar surface area (TPSA) is 55.6 Å². The molecule has 11 heavy (non-hydrogen) atoms. The zero-order valence-electron chi connectivity index (χ0n) is 6.75. The summed E-state index contributed by atoms with van der Waals surface area (Å²) in [5.41, 5.74) is 5.45. The Morgan fingerprint density at radius 2 is 2.55 bits per heavy atom. The second-order valence-electron chi connectivity index (χ2n) is 2.72. The highest BCUT2D eigenvalue weighted by molar-refractivity contribution is 5.68. The van der Waals surface area contributed by atoms with E-state index in [1.54, 1.807) is 4.90 Å². The van der Waals surface area contributed by atoms with E-state index in [0.717, 1.165) is 6.54 Å². The smallest absolute Gasteiger partial charge is 0.409 e. The largest absolute Gasteiger partial charge is 0.449 e. The number of carbonyl (C=O) groups excluding carboxylic acids is 1. The van der Waals surface area contributed by atoms with E-state index in [0.29, 0.717) is 25.6 Å². The predicted octanol–water partition coefficient (Wildman–Crippen LogP) is 0.0334. The van der Waals surface area contributed by atoms with Crippen molar-refractivity contribution < 1.29 is 9.53 Å². The fourth-order valence-electron chi connectivity index (χ4n) is 1.12. The van der Waals surface area contributed by atoms with Crippen LogP contribution >= 0.6 is 0 Å². The minimum absolute atomic E-state index is 0.211. The van der Waals surface area contributed by atoms with Gasteiger partial charge in [0, 0.05) is 25.6 Å². The Kier molecular flexibility index (Phi) is 2.70. The lowest BCUT2D eigenvalue weighted by atomic mass is 10.1. The molecule has 1 fully saturated rings. The Morgan fingerprint density at radius 1 is 1.82 bits per heavy atom. The molecule has 1 aliphatic rings. The molecule has 4 heteroatoms. The van der Waals surface area contributed by atoms with Crippen LogP contribution < -0.4 is 5.73 Å². The molecule has 0 bridgehead atoms. The number of hydrogen-bond donors (Lipinski definition) is 1. The first-order valence-electron chi connectivity index (χ1n) is 3.89. The summed E-state index contributed by atoms with van der Waals surface area (Å²) in [6.07, 6.45) is -0.211. The van der Waals surface area contributed by atoms with Gasteiger partial charge >= 0.3 is 6.09 Å². The van der Waals surface area contributed by atoms with Crippen molar-refractivity contribution in [2.45, 2.75) is 6.92 Å². The van der Waals surface area contributed by atoms with Crippen molar-refractivity contribution in [3.8, 4) is 0 Å². The summed E-state index contributed by atoms with van der Waals surface area (Å²) in [6.45, 7) is 4.44. The van der Waals surface area contributed by atoms with Gasteiger partial charge in [-0.15, -0.1) is 0 Å². The third-order valence-electron chi connectivity index (χ3n) is 1.89. The van der Waals surface area contributed by atoms with E-state index in [4.69, 9.17) is 10.5 Å². The number of nitrogens with two attached hydrogens (primary N) is 1. The van der Waals surface area contributed by atoms with Gasteiger partial charge in [0.25, 0.3) is 0 Å². The number of cyclic esters (lactones) is 1. The fourth-order valence-corrected chi connectivity index (χ4v) is 1.12. The van der Waals surface area contributed by atoms with E-state index >= 15 is 0 Å². The molecule has 2 N–H and O–H groups in total. The summed E-state index contributed by atoms with van der Waals surface area (Å²) in [6, 6.07) is 0. The van der Waals surface area contributed by atoms with Crippen molar-refractivity contribution in [2.24, 2.45) is 11.7 Å². The minimum Gasteiger partial charge on any atom is -0.449 e. The van der Waals surface area contributed by atoms with E-state index in [1.807, 2.05) is 6.92 Å². The Hall–Kier alpha value is -0.770. The molecular weight excluding hydrogens is 144 g/mol. The fraction of sp³-hybridized carbons (Fsp3) is 0.857. The van der Waals surface area contributed by atoms with E-state index in [1.165, 1.54) is 0 Å². The number of amides is 1. The molecule has 1 atom stereocenters. The van der Waals surface area contributed by atoms with Gasteiger partial charge in [0.05, 0.1) is 6.61 Å². The molecule has 0 spiro atoms. The van der Waals surface area contributed by atoms with Crippen molar-refractivity contribution in [3.05, 3.63) is 0 Å². The van der Waals surface area contributed by atoms with Gasteiger partial charge in [-0.05, 0) is 6.92 Å². The van der Waals surface area contributed by atoms with Gasteiger partial charge in [-0.25, -0.2) is 4.79 Å². The van der Waals surface area contributed by atoms with Gasteiger partial charge in [0.2, 0.25) is 0 Å². The van der Waals surface area contributed by atoms with Gasteiger partial charge in [0.1, 0.15) is 0 Å². The lowest BCUT2D eigenvalue weighted by Gasteiger charge is -2.30. The monoisotopic (exact) mass is 158 g/mol. The summed E-state index contributed by atoms with van der Waals surface area (Å²) in [5.74, 6) is 0.313. The number of ether oxygens (including phenoxy) is 1. The van der Waals surface area contributed by atoms with Crippen LogP contribution in [-0.4, -0.2) is 37.2 Å². The molecule has 0 aromatic heterocycles. The second kappa shape index (κ2) is 3.57. The van der Waals surface area contributed by atoms with Crippen LogP contribution in [0.4, 0.5) is 4.79 Å². The first-order chi connectivity index (χ1) is 5.27. The molecule has 1 rings (SSSR count). The first kappa shape index (κ1) is 8.33. The zero-order chi connectivity index (χ0) is 8.27. The van der Waals surface area contributed by atoms with Crippen LogP contribution in [0.2, 0.25) is 0 Å². The van der Waals surface area contributed by atoms with Crippen molar-refractivity contribution in [3.63, 3.8) is 0 Å². The molecule has 0 radical (unpaired) electrons. The number of hydrogen-bond acceptors (Lipinski definition) is 3. The molecule has 1 heterocycles. The maximum Gasteiger partial charge on any atom is 0.409 e. The molecule has 0 unspecified atom stereocenters. The maximum atomic E-state index is 10.9. The molecule has 1 saturated heterocycles. The van der Waals surface area contributed by atoms with Crippen molar-refractivity contribution >= 4 is 6.09 Å². The van der Waals surface area contributed by atoms with Crippen LogP contribution in [0.25, 0.3) is 0 Å². The Bertz CT molecular complexity index is 149. The van der Waals surface area contributed by atoms with E-state index in [2.05, 4.69) is 0 Å². The van der Waals surface area contributed by atoms with E-state index in [9.17, 15) is 4.79 Å². The van der Waals surface area contributed by atoms with Crippen LogP contribution in [0.15, 0.2) is 0 Å². The van der Waals surface area contributed by atoms with Crippen molar-refractivity contribution in [2.75, 3.05) is 26.2 Å².